The third-order valence-corrected chi connectivity index (χ3v) is 5.60. The van der Waals surface area contributed by atoms with Crippen molar-refractivity contribution in [3.05, 3.63) is 35.6 Å². The lowest BCUT2D eigenvalue weighted by molar-refractivity contribution is -0.177. The maximum Gasteiger partial charge on any atom is 0.308 e. The third kappa shape index (κ3) is 5.24. The number of benzene rings is 1. The van der Waals surface area contributed by atoms with Gasteiger partial charge in [0, 0.05) is 23.6 Å². The van der Waals surface area contributed by atoms with E-state index >= 15 is 0 Å². The van der Waals surface area contributed by atoms with Crippen molar-refractivity contribution in [2.24, 2.45) is 0 Å². The second-order valence-electron chi connectivity index (χ2n) is 6.65. The van der Waals surface area contributed by atoms with Gasteiger partial charge in [0.2, 0.25) is 5.91 Å². The summed E-state index contributed by atoms with van der Waals surface area (Å²) in [5.41, 5.74) is 0.0853. The van der Waals surface area contributed by atoms with Crippen LogP contribution >= 0.6 is 11.8 Å². The van der Waals surface area contributed by atoms with Crippen molar-refractivity contribution in [3.8, 4) is 0 Å². The van der Waals surface area contributed by atoms with Gasteiger partial charge in [-0.2, -0.15) is 11.8 Å². The molecule has 11 heteroatoms. The van der Waals surface area contributed by atoms with Crippen molar-refractivity contribution in [1.82, 2.24) is 15.3 Å². The van der Waals surface area contributed by atoms with Gasteiger partial charge >= 0.3 is 5.97 Å². The fourth-order valence-electron chi connectivity index (χ4n) is 3.01. The summed E-state index contributed by atoms with van der Waals surface area (Å²) in [5, 5.41) is 13.0. The molecule has 1 aromatic rings. The van der Waals surface area contributed by atoms with E-state index in [-0.39, 0.29) is 25.1 Å². The van der Waals surface area contributed by atoms with Gasteiger partial charge in [-0.15, -0.1) is 0 Å². The molecule has 3 rings (SSSR count). The number of hydroxylamine groups is 2. The van der Waals surface area contributed by atoms with Crippen molar-refractivity contribution in [2.45, 2.75) is 18.5 Å². The Labute approximate surface area is 170 Å². The monoisotopic (exact) mass is 425 g/mol. The third-order valence-electron chi connectivity index (χ3n) is 4.56. The van der Waals surface area contributed by atoms with E-state index in [9.17, 15) is 28.8 Å². The van der Waals surface area contributed by atoms with Gasteiger partial charge < -0.3 is 15.0 Å². The fourth-order valence-corrected chi connectivity index (χ4v) is 3.98. The van der Waals surface area contributed by atoms with Gasteiger partial charge in [-0.3, -0.25) is 24.4 Å². The van der Waals surface area contributed by atoms with Crippen LogP contribution in [0.2, 0.25) is 0 Å². The number of thioether (sulfide) groups is 1. The van der Waals surface area contributed by atoms with E-state index in [1.165, 1.54) is 34.9 Å². The minimum absolute atomic E-state index is 0.0853. The van der Waals surface area contributed by atoms with Crippen LogP contribution in [0.4, 0.5) is 4.39 Å². The van der Waals surface area contributed by atoms with Crippen LogP contribution in [0, 0.1) is 5.82 Å². The van der Waals surface area contributed by atoms with Crippen molar-refractivity contribution >= 4 is 35.5 Å². The number of nitrogens with zero attached hydrogens (tertiary/aromatic N) is 2. The van der Waals surface area contributed by atoms with Crippen LogP contribution in [0.1, 0.15) is 16.8 Å². The number of hydrogen-bond acceptors (Lipinski definition) is 7. The minimum atomic E-state index is -0.894. The van der Waals surface area contributed by atoms with Crippen LogP contribution in [0.15, 0.2) is 24.3 Å². The van der Waals surface area contributed by atoms with Crippen LogP contribution in [0.5, 0.6) is 0 Å². The number of amides is 3. The second-order valence-corrected chi connectivity index (χ2v) is 7.80. The largest absolute Gasteiger partial charge is 0.463 e. The smallest absolute Gasteiger partial charge is 0.308 e. The topological polar surface area (TPSA) is 116 Å². The van der Waals surface area contributed by atoms with Crippen molar-refractivity contribution in [3.63, 3.8) is 0 Å². The van der Waals surface area contributed by atoms with Gasteiger partial charge in [0.15, 0.2) is 0 Å². The molecular formula is C18H20FN3O6S. The molecule has 2 unspecified atom stereocenters. The normalized spacial score (nSPS) is 22.1. The summed E-state index contributed by atoms with van der Waals surface area (Å²) >= 11 is 1.43. The van der Waals surface area contributed by atoms with E-state index in [2.05, 4.69) is 5.32 Å². The first-order chi connectivity index (χ1) is 13.8. The molecule has 0 bridgehead atoms. The average molecular weight is 425 g/mol. The molecule has 3 amide bonds. The maximum atomic E-state index is 13.3. The molecule has 2 heterocycles. The number of halogens is 1. The Morgan fingerprint density at radius 2 is 2.17 bits per heavy atom. The number of cyclic esters (lactones) is 1. The van der Waals surface area contributed by atoms with Gasteiger partial charge in [0.1, 0.15) is 31.1 Å². The lowest BCUT2D eigenvalue weighted by Gasteiger charge is -2.27. The molecule has 9 nitrogen and oxygen atoms in total. The Morgan fingerprint density at radius 1 is 1.38 bits per heavy atom. The van der Waals surface area contributed by atoms with Gasteiger partial charge in [-0.25, -0.2) is 9.45 Å². The van der Waals surface area contributed by atoms with E-state index in [1.54, 1.807) is 0 Å². The number of nitrogens with one attached hydrogen (secondary N) is 1. The highest BCUT2D eigenvalue weighted by atomic mass is 32.2. The molecule has 2 atom stereocenters. The van der Waals surface area contributed by atoms with E-state index in [0.717, 1.165) is 6.07 Å². The van der Waals surface area contributed by atoms with Crippen molar-refractivity contribution in [1.29, 1.82) is 0 Å². The molecule has 0 spiro atoms. The number of rotatable bonds is 5. The van der Waals surface area contributed by atoms with Crippen LogP contribution in [0.25, 0.3) is 0 Å². The lowest BCUT2D eigenvalue weighted by atomic mass is 10.2. The van der Waals surface area contributed by atoms with Crippen molar-refractivity contribution in [2.75, 3.05) is 31.2 Å². The molecule has 2 aliphatic rings. The molecule has 29 heavy (non-hydrogen) atoms. The predicted octanol–water partition coefficient (Wildman–Crippen LogP) is 0.0328. The second kappa shape index (κ2) is 9.23. The predicted molar refractivity (Wildman–Crippen MR) is 99.6 cm³/mol. The maximum absolute atomic E-state index is 13.3. The Bertz CT molecular complexity index is 823. The summed E-state index contributed by atoms with van der Waals surface area (Å²) in [6.07, 6.45) is -0.113. The number of hydrogen-bond donors (Lipinski definition) is 2. The summed E-state index contributed by atoms with van der Waals surface area (Å²) in [6.45, 7) is -0.236. The zero-order valence-electron chi connectivity index (χ0n) is 15.4. The zero-order valence-corrected chi connectivity index (χ0v) is 16.2. The Kier molecular flexibility index (Phi) is 6.70. The highest BCUT2D eigenvalue weighted by Gasteiger charge is 2.35. The van der Waals surface area contributed by atoms with Crippen molar-refractivity contribution < 1.29 is 33.5 Å². The standard InChI is InChI=1S/C18H20FN3O6S/c19-12-3-1-2-11(6-12)17(25)20-14-10-29-5-4-21(18(14)26)8-15(23)22(27)13-7-16(24)28-9-13/h1-3,6,13-14,27H,4-5,7-10H2,(H,20,25). The fraction of sp³-hybridized carbons (Fsp3) is 0.444. The van der Waals surface area contributed by atoms with E-state index in [0.29, 0.717) is 16.6 Å². The van der Waals surface area contributed by atoms with E-state index in [4.69, 9.17) is 4.74 Å². The molecule has 2 fully saturated rings. The van der Waals surface area contributed by atoms with Crippen LogP contribution in [-0.2, 0) is 19.1 Å². The van der Waals surface area contributed by atoms with Crippen LogP contribution in [-0.4, -0.2) is 82.1 Å². The molecule has 0 aromatic heterocycles. The van der Waals surface area contributed by atoms with E-state index in [1.807, 2.05) is 0 Å². The summed E-state index contributed by atoms with van der Waals surface area (Å²) in [4.78, 5) is 49.9. The highest BCUT2D eigenvalue weighted by molar-refractivity contribution is 7.99. The van der Waals surface area contributed by atoms with Gasteiger partial charge in [0.25, 0.3) is 11.8 Å². The molecule has 0 aliphatic carbocycles. The summed E-state index contributed by atoms with van der Waals surface area (Å²) in [7, 11) is 0. The number of carbonyl (C=O) groups is 4. The average Bonchev–Trinajstić information content (AvgIpc) is 3.06. The first-order valence-corrected chi connectivity index (χ1v) is 10.1. The lowest BCUT2D eigenvalue weighted by Crippen LogP contribution is -2.52. The first-order valence-electron chi connectivity index (χ1n) is 8.94. The van der Waals surface area contributed by atoms with Gasteiger partial charge in [-0.05, 0) is 18.2 Å². The molecular weight excluding hydrogens is 405 g/mol. The quantitative estimate of drug-likeness (QED) is 0.389. The molecule has 1 aromatic carbocycles. The summed E-state index contributed by atoms with van der Waals surface area (Å²) in [6, 6.07) is 3.43. The number of carbonyl (C=O) groups excluding carboxylic acids is 4. The summed E-state index contributed by atoms with van der Waals surface area (Å²) in [5.74, 6) is -2.04. The van der Waals surface area contributed by atoms with E-state index < -0.39 is 48.1 Å². The molecule has 0 saturated carbocycles. The minimum Gasteiger partial charge on any atom is -0.463 e. The highest BCUT2D eigenvalue weighted by Crippen LogP contribution is 2.16. The van der Waals surface area contributed by atoms with Gasteiger partial charge in [0.05, 0.1) is 6.42 Å². The van der Waals surface area contributed by atoms with Gasteiger partial charge in [-0.1, -0.05) is 6.07 Å². The molecule has 156 valence electrons. The number of esters is 1. The Morgan fingerprint density at radius 3 is 2.86 bits per heavy atom. The zero-order chi connectivity index (χ0) is 21.0. The molecule has 2 saturated heterocycles. The first kappa shape index (κ1) is 21.1. The summed E-state index contributed by atoms with van der Waals surface area (Å²) < 4.78 is 18.1. The Balaban J connectivity index is 1.62. The number of ether oxygens (including phenoxy) is 1. The molecule has 0 radical (unpaired) electrons. The molecule has 2 N–H and O–H groups in total. The SMILES string of the molecule is O=C1CC(N(O)C(=O)CN2CCSCC(NC(=O)c3cccc(F)c3)C2=O)CO1. The Hall–Kier alpha value is -2.66. The molecule has 2 aliphatic heterocycles. The van der Waals surface area contributed by atoms with Crippen LogP contribution < -0.4 is 5.32 Å². The van der Waals surface area contributed by atoms with Crippen LogP contribution in [0.3, 0.4) is 0 Å².